The summed E-state index contributed by atoms with van der Waals surface area (Å²) >= 11 is 0. The Morgan fingerprint density at radius 1 is 0.935 bits per heavy atom. The third-order valence-electron chi connectivity index (χ3n) is 3.79. The Balaban J connectivity index is 0.000000615. The smallest absolute Gasteiger partial charge is 0.323 e. The van der Waals surface area contributed by atoms with Gasteiger partial charge in [-0.3, -0.25) is 19.7 Å². The number of hydrogen-bond acceptors (Lipinski definition) is 6. The molecule has 1 rings (SSSR count). The minimum Gasteiger partial charge on any atom is -0.508 e. The summed E-state index contributed by atoms with van der Waals surface area (Å²) < 4.78 is 0. The zero-order valence-corrected chi connectivity index (χ0v) is 20.0. The maximum Gasteiger partial charge on any atom is 0.323 e. The van der Waals surface area contributed by atoms with E-state index in [1.54, 1.807) is 12.1 Å². The largest absolute Gasteiger partial charge is 0.508 e. The molecular weight excluding hydrogens is 400 g/mol. The van der Waals surface area contributed by atoms with Crippen LogP contribution in [0.5, 0.6) is 5.75 Å². The van der Waals surface area contributed by atoms with Crippen molar-refractivity contribution >= 4 is 11.9 Å². The lowest BCUT2D eigenvalue weighted by molar-refractivity contribution is -0.150. The van der Waals surface area contributed by atoms with Crippen molar-refractivity contribution in [3.05, 3.63) is 29.8 Å². The normalized spacial score (nSPS) is 13.8. The molecule has 0 aromatic heterocycles. The fourth-order valence-electron chi connectivity index (χ4n) is 2.51. The molecule has 0 bridgehead atoms. The van der Waals surface area contributed by atoms with Crippen LogP contribution in [0.15, 0.2) is 24.3 Å². The third kappa shape index (κ3) is 15.3. The number of carbonyl (C=O) groups is 2. The van der Waals surface area contributed by atoms with Gasteiger partial charge in [-0.15, -0.1) is 0 Å². The number of aliphatic carboxylic acids is 2. The summed E-state index contributed by atoms with van der Waals surface area (Å²) in [6.07, 6.45) is 0.957. The number of nitrogens with one attached hydrogen (secondary N) is 2. The molecule has 0 aliphatic carbocycles. The van der Waals surface area contributed by atoms with Crippen molar-refractivity contribution in [2.75, 3.05) is 0 Å². The van der Waals surface area contributed by atoms with Gasteiger partial charge in [0.2, 0.25) is 0 Å². The van der Waals surface area contributed by atoms with Crippen molar-refractivity contribution in [2.24, 2.45) is 5.92 Å². The van der Waals surface area contributed by atoms with Crippen LogP contribution in [0.25, 0.3) is 0 Å². The Morgan fingerprint density at radius 2 is 1.42 bits per heavy atom. The maximum absolute atomic E-state index is 11.1. The van der Waals surface area contributed by atoms with E-state index in [2.05, 4.69) is 10.8 Å². The molecule has 0 amide bonds. The highest BCUT2D eigenvalue weighted by molar-refractivity contribution is 5.74. The molecule has 2 atom stereocenters. The van der Waals surface area contributed by atoms with Gasteiger partial charge in [-0.25, -0.2) is 0 Å². The van der Waals surface area contributed by atoms with Gasteiger partial charge in [-0.1, -0.05) is 26.0 Å². The zero-order valence-electron chi connectivity index (χ0n) is 20.0. The Labute approximate surface area is 186 Å². The molecular formula is C23H40N2O6. The Bertz CT molecular complexity index is 675. The summed E-state index contributed by atoms with van der Waals surface area (Å²) in [7, 11) is 0. The Kier molecular flexibility index (Phi) is 11.8. The van der Waals surface area contributed by atoms with E-state index in [9.17, 15) is 9.59 Å². The Morgan fingerprint density at radius 3 is 1.77 bits per heavy atom. The summed E-state index contributed by atoms with van der Waals surface area (Å²) in [5.74, 6) is -1.18. The average Bonchev–Trinajstić information content (AvgIpc) is 2.57. The van der Waals surface area contributed by atoms with Crippen molar-refractivity contribution in [2.45, 2.75) is 91.5 Å². The molecule has 31 heavy (non-hydrogen) atoms. The van der Waals surface area contributed by atoms with Crippen molar-refractivity contribution in [1.29, 1.82) is 0 Å². The van der Waals surface area contributed by atoms with Crippen molar-refractivity contribution in [3.63, 3.8) is 0 Å². The number of phenolic OH excluding ortho intramolecular Hbond substituents is 1. The third-order valence-corrected chi connectivity index (χ3v) is 3.79. The second-order valence-corrected chi connectivity index (χ2v) is 10.0. The second kappa shape index (κ2) is 12.6. The van der Waals surface area contributed by atoms with Gasteiger partial charge in [0.25, 0.3) is 0 Å². The monoisotopic (exact) mass is 440 g/mol. The molecule has 0 aliphatic heterocycles. The molecule has 0 spiro atoms. The maximum atomic E-state index is 11.1. The first kappa shape index (κ1) is 28.8. The topological polar surface area (TPSA) is 128 Å². The minimum absolute atomic E-state index is 0.141. The molecule has 0 fully saturated rings. The lowest BCUT2D eigenvalue weighted by atomic mass is 10.00. The number of aromatic hydroxyl groups is 1. The molecule has 0 saturated heterocycles. The molecule has 2 unspecified atom stereocenters. The molecule has 8 nitrogen and oxygen atoms in total. The van der Waals surface area contributed by atoms with E-state index in [1.807, 2.05) is 55.4 Å². The lowest BCUT2D eigenvalue weighted by Gasteiger charge is -2.26. The van der Waals surface area contributed by atoms with Gasteiger partial charge in [0.15, 0.2) is 0 Å². The van der Waals surface area contributed by atoms with Gasteiger partial charge >= 0.3 is 11.9 Å². The Hall–Kier alpha value is -2.16. The first-order valence-electron chi connectivity index (χ1n) is 10.4. The first-order chi connectivity index (χ1) is 14.0. The van der Waals surface area contributed by atoms with Gasteiger partial charge < -0.3 is 15.3 Å². The number of carboxylic acid groups (broad SMARTS) is 2. The van der Waals surface area contributed by atoms with E-state index in [0.717, 1.165) is 5.56 Å². The van der Waals surface area contributed by atoms with Crippen molar-refractivity contribution < 1.29 is 29.7 Å². The number of hydroxylamine groups is 1. The predicted molar refractivity (Wildman–Crippen MR) is 121 cm³/mol. The van der Waals surface area contributed by atoms with Gasteiger partial charge in [-0.2, -0.15) is 5.48 Å². The summed E-state index contributed by atoms with van der Waals surface area (Å²) in [6.45, 7) is 15.5. The van der Waals surface area contributed by atoms with Crippen molar-refractivity contribution in [3.8, 4) is 5.75 Å². The fraction of sp³-hybridized carbons (Fsp3) is 0.652. The minimum atomic E-state index is -0.979. The van der Waals surface area contributed by atoms with Crippen LogP contribution < -0.4 is 10.8 Å². The fourth-order valence-corrected chi connectivity index (χ4v) is 2.51. The average molecular weight is 441 g/mol. The number of rotatable bonds is 9. The van der Waals surface area contributed by atoms with Crippen molar-refractivity contribution in [1.82, 2.24) is 10.8 Å². The quantitative estimate of drug-likeness (QED) is 0.369. The van der Waals surface area contributed by atoms with E-state index < -0.39 is 29.6 Å². The molecule has 5 N–H and O–H groups in total. The highest BCUT2D eigenvalue weighted by Crippen LogP contribution is 2.13. The van der Waals surface area contributed by atoms with Crippen LogP contribution >= 0.6 is 0 Å². The van der Waals surface area contributed by atoms with Gasteiger partial charge in [0.05, 0.1) is 5.60 Å². The number of phenols is 1. The van der Waals surface area contributed by atoms with Gasteiger partial charge in [0.1, 0.15) is 17.8 Å². The van der Waals surface area contributed by atoms with Gasteiger partial charge in [0, 0.05) is 12.0 Å². The molecule has 0 heterocycles. The zero-order chi connectivity index (χ0) is 24.4. The van der Waals surface area contributed by atoms with Crippen LogP contribution in [0, 0.1) is 5.92 Å². The van der Waals surface area contributed by atoms with E-state index >= 15 is 0 Å². The van der Waals surface area contributed by atoms with Crippen LogP contribution in [0.4, 0.5) is 0 Å². The van der Waals surface area contributed by atoms with E-state index in [4.69, 9.17) is 20.2 Å². The molecule has 0 saturated carbocycles. The standard InChI is InChI=1S/C13H19NO4.C10H21NO2/c1-13(2,3)18-14-11(12(16)17)8-9-4-6-10(15)7-5-9;1-7(2)6-8(9(12)13)11-10(3,4)5/h4-7,11,14-15H,8H2,1-3H3,(H,16,17);7-8,11H,6H2,1-5H3,(H,12,13). The number of benzene rings is 1. The van der Waals surface area contributed by atoms with E-state index in [1.165, 1.54) is 12.1 Å². The van der Waals surface area contributed by atoms with E-state index in [0.29, 0.717) is 12.3 Å². The molecule has 0 aliphatic rings. The summed E-state index contributed by atoms with van der Waals surface area (Å²) in [5.41, 5.74) is 2.77. The molecule has 178 valence electrons. The molecule has 1 aromatic rings. The summed E-state index contributed by atoms with van der Waals surface area (Å²) in [4.78, 5) is 27.2. The molecule has 8 heteroatoms. The summed E-state index contributed by atoms with van der Waals surface area (Å²) in [5, 5.41) is 30.3. The van der Waals surface area contributed by atoms with Crippen LogP contribution in [-0.4, -0.2) is 50.5 Å². The van der Waals surface area contributed by atoms with Gasteiger partial charge in [-0.05, 0) is 71.6 Å². The van der Waals surface area contributed by atoms with Crippen LogP contribution in [0.1, 0.15) is 67.4 Å². The SMILES string of the molecule is CC(C)(C)ONC(Cc1ccc(O)cc1)C(=O)O.CC(C)CC(NC(C)(C)C)C(=O)O. The highest BCUT2D eigenvalue weighted by atomic mass is 16.7. The van der Waals surface area contributed by atoms with Crippen LogP contribution in [-0.2, 0) is 20.8 Å². The van der Waals surface area contributed by atoms with Crippen LogP contribution in [0.3, 0.4) is 0 Å². The first-order valence-corrected chi connectivity index (χ1v) is 10.4. The van der Waals surface area contributed by atoms with Crippen LogP contribution in [0.2, 0.25) is 0 Å². The second-order valence-electron chi connectivity index (χ2n) is 10.0. The number of carboxylic acids is 2. The molecule has 0 radical (unpaired) electrons. The predicted octanol–water partition coefficient (Wildman–Crippen LogP) is 3.58. The lowest BCUT2D eigenvalue weighted by Crippen LogP contribution is -2.48. The summed E-state index contributed by atoms with van der Waals surface area (Å²) in [6, 6.07) is 5.17. The van der Waals surface area contributed by atoms with E-state index in [-0.39, 0.29) is 17.7 Å². The molecule has 1 aromatic carbocycles. The number of hydrogen-bond donors (Lipinski definition) is 5. The highest BCUT2D eigenvalue weighted by Gasteiger charge is 2.24.